The monoisotopic (exact) mass is 324 g/mol. The number of benzene rings is 1. The molecule has 0 radical (unpaired) electrons. The minimum Gasteiger partial charge on any atom is -0.367 e. The van der Waals surface area contributed by atoms with Crippen molar-refractivity contribution in [1.82, 2.24) is 0 Å². The summed E-state index contributed by atoms with van der Waals surface area (Å²) in [7, 11) is -2.97. The molecular formula is C18H32O3Si. The Bertz CT molecular complexity index is 429. The Hall–Kier alpha value is -0.683. The van der Waals surface area contributed by atoms with Crippen LogP contribution in [0.5, 0.6) is 0 Å². The van der Waals surface area contributed by atoms with Gasteiger partial charge >= 0.3 is 8.80 Å². The third-order valence-corrected chi connectivity index (χ3v) is 6.55. The minimum absolute atomic E-state index is 0.0457. The summed E-state index contributed by atoms with van der Waals surface area (Å²) < 4.78 is 19.0. The summed E-state index contributed by atoms with van der Waals surface area (Å²) in [5.41, 5.74) is 1.25. The van der Waals surface area contributed by atoms with Gasteiger partial charge in [-0.1, -0.05) is 38.1 Å². The van der Waals surface area contributed by atoms with E-state index in [1.807, 2.05) is 47.6 Å². The zero-order valence-corrected chi connectivity index (χ0v) is 16.3. The van der Waals surface area contributed by atoms with Gasteiger partial charge in [-0.05, 0) is 53.0 Å². The second-order valence-corrected chi connectivity index (χ2v) is 9.16. The highest BCUT2D eigenvalue weighted by Crippen LogP contribution is 2.23. The first-order chi connectivity index (χ1) is 10.2. The van der Waals surface area contributed by atoms with Crippen molar-refractivity contribution in [3.8, 4) is 0 Å². The molecule has 0 atom stereocenters. The molecule has 1 aromatic rings. The molecule has 22 heavy (non-hydrogen) atoms. The van der Waals surface area contributed by atoms with Crippen molar-refractivity contribution in [2.45, 2.75) is 79.6 Å². The van der Waals surface area contributed by atoms with Crippen molar-refractivity contribution in [1.29, 1.82) is 0 Å². The summed E-state index contributed by atoms with van der Waals surface area (Å²) in [6.45, 7) is 16.6. The van der Waals surface area contributed by atoms with Crippen LogP contribution in [-0.4, -0.2) is 27.1 Å². The third-order valence-electron chi connectivity index (χ3n) is 3.09. The largest absolute Gasteiger partial charge is 0.538 e. The van der Waals surface area contributed by atoms with Gasteiger partial charge in [0.25, 0.3) is 0 Å². The lowest BCUT2D eigenvalue weighted by atomic mass is 10.0. The summed E-state index contributed by atoms with van der Waals surface area (Å²) in [6, 6.07) is 8.37. The number of rotatable bonds is 8. The lowest BCUT2D eigenvalue weighted by Gasteiger charge is -2.36. The highest BCUT2D eigenvalue weighted by Gasteiger charge is 2.48. The normalized spacial score (nSPS) is 12.9. The molecule has 0 aliphatic rings. The molecule has 0 aliphatic carbocycles. The standard InChI is InChI=1S/C18H32O3Si/c1-13(2)17-11-9-10-12-18(17)22(19-14(3)4,20-15(5)6)21-16(7)8/h9-16H,1-8H3. The molecule has 3 nitrogen and oxygen atoms in total. The molecule has 0 bridgehead atoms. The van der Waals surface area contributed by atoms with E-state index in [1.165, 1.54) is 5.56 Å². The molecule has 1 rings (SSSR count). The fourth-order valence-corrected chi connectivity index (χ4v) is 5.92. The predicted octanol–water partition coefficient (Wildman–Crippen LogP) is 4.23. The Morgan fingerprint density at radius 3 is 1.45 bits per heavy atom. The molecule has 0 spiro atoms. The first-order valence-corrected chi connectivity index (χ1v) is 10.0. The van der Waals surface area contributed by atoms with Gasteiger partial charge in [0.2, 0.25) is 0 Å². The average Bonchev–Trinajstić information content (AvgIpc) is 2.36. The number of hydrogen-bond donors (Lipinski definition) is 0. The lowest BCUT2D eigenvalue weighted by Crippen LogP contribution is -2.61. The first kappa shape index (κ1) is 19.4. The Labute approximate surface area is 137 Å². The highest BCUT2D eigenvalue weighted by molar-refractivity contribution is 6.76. The van der Waals surface area contributed by atoms with Crippen LogP contribution in [0.3, 0.4) is 0 Å². The van der Waals surface area contributed by atoms with Crippen LogP contribution in [-0.2, 0) is 13.3 Å². The van der Waals surface area contributed by atoms with Gasteiger partial charge in [-0.3, -0.25) is 0 Å². The molecule has 0 saturated heterocycles. The van der Waals surface area contributed by atoms with E-state index in [0.29, 0.717) is 5.92 Å². The Balaban J connectivity index is 3.45. The van der Waals surface area contributed by atoms with Crippen LogP contribution in [0.2, 0.25) is 0 Å². The Kier molecular flexibility index (Phi) is 7.26. The van der Waals surface area contributed by atoms with E-state index in [2.05, 4.69) is 32.0 Å². The van der Waals surface area contributed by atoms with E-state index in [9.17, 15) is 0 Å². The van der Waals surface area contributed by atoms with Gasteiger partial charge < -0.3 is 13.3 Å². The molecule has 0 amide bonds. The Morgan fingerprint density at radius 1 is 0.682 bits per heavy atom. The van der Waals surface area contributed by atoms with Crippen molar-refractivity contribution in [3.05, 3.63) is 29.8 Å². The van der Waals surface area contributed by atoms with E-state index in [-0.39, 0.29) is 18.3 Å². The van der Waals surface area contributed by atoms with E-state index in [1.54, 1.807) is 0 Å². The maximum atomic E-state index is 6.33. The fraction of sp³-hybridized carbons (Fsp3) is 0.667. The highest BCUT2D eigenvalue weighted by atomic mass is 28.4. The molecule has 1 aromatic carbocycles. The molecule has 0 fully saturated rings. The van der Waals surface area contributed by atoms with Gasteiger partial charge in [0, 0.05) is 23.5 Å². The second-order valence-electron chi connectivity index (χ2n) is 6.80. The molecule has 4 heteroatoms. The quantitative estimate of drug-likeness (QED) is 0.670. The van der Waals surface area contributed by atoms with Gasteiger partial charge in [-0.2, -0.15) is 0 Å². The maximum absolute atomic E-state index is 6.33. The summed E-state index contributed by atoms with van der Waals surface area (Å²) in [5.74, 6) is 0.394. The fourth-order valence-electron chi connectivity index (χ4n) is 2.48. The van der Waals surface area contributed by atoms with Gasteiger partial charge in [0.05, 0.1) is 0 Å². The average molecular weight is 325 g/mol. The van der Waals surface area contributed by atoms with Gasteiger partial charge in [-0.25, -0.2) is 0 Å². The third kappa shape index (κ3) is 5.20. The smallest absolute Gasteiger partial charge is 0.367 e. The van der Waals surface area contributed by atoms with Crippen LogP contribution in [0, 0.1) is 0 Å². The molecule has 126 valence electrons. The molecule has 0 aromatic heterocycles. The number of hydrogen-bond acceptors (Lipinski definition) is 3. The molecule has 0 saturated carbocycles. The lowest BCUT2D eigenvalue weighted by molar-refractivity contribution is 0.0152. The van der Waals surface area contributed by atoms with Crippen molar-refractivity contribution in [3.63, 3.8) is 0 Å². The van der Waals surface area contributed by atoms with E-state index < -0.39 is 8.80 Å². The van der Waals surface area contributed by atoms with Crippen LogP contribution >= 0.6 is 0 Å². The van der Waals surface area contributed by atoms with Crippen molar-refractivity contribution in [2.24, 2.45) is 0 Å². The van der Waals surface area contributed by atoms with Crippen molar-refractivity contribution in [2.75, 3.05) is 0 Å². The van der Waals surface area contributed by atoms with Crippen molar-refractivity contribution >= 4 is 14.0 Å². The van der Waals surface area contributed by atoms with E-state index in [4.69, 9.17) is 13.3 Å². The van der Waals surface area contributed by atoms with Crippen LogP contribution in [0.25, 0.3) is 0 Å². The van der Waals surface area contributed by atoms with E-state index >= 15 is 0 Å². The van der Waals surface area contributed by atoms with Gasteiger partial charge in [-0.15, -0.1) is 0 Å². The zero-order chi connectivity index (χ0) is 16.9. The Morgan fingerprint density at radius 2 is 1.09 bits per heavy atom. The van der Waals surface area contributed by atoms with Gasteiger partial charge in [0.15, 0.2) is 0 Å². The first-order valence-electron chi connectivity index (χ1n) is 8.30. The summed E-state index contributed by atoms with van der Waals surface area (Å²) >= 11 is 0. The van der Waals surface area contributed by atoms with Crippen LogP contribution in [0.4, 0.5) is 0 Å². The van der Waals surface area contributed by atoms with Gasteiger partial charge in [0.1, 0.15) is 0 Å². The molecular weight excluding hydrogens is 292 g/mol. The minimum atomic E-state index is -2.97. The van der Waals surface area contributed by atoms with Crippen LogP contribution in [0.15, 0.2) is 24.3 Å². The molecule has 0 heterocycles. The SMILES string of the molecule is CC(C)O[Si](OC(C)C)(OC(C)C)c1ccccc1C(C)C. The maximum Gasteiger partial charge on any atom is 0.538 e. The van der Waals surface area contributed by atoms with Crippen LogP contribution in [0.1, 0.15) is 66.9 Å². The van der Waals surface area contributed by atoms with E-state index in [0.717, 1.165) is 5.19 Å². The predicted molar refractivity (Wildman–Crippen MR) is 94.6 cm³/mol. The topological polar surface area (TPSA) is 27.7 Å². The summed E-state index contributed by atoms with van der Waals surface area (Å²) in [4.78, 5) is 0. The molecule has 0 unspecified atom stereocenters. The summed E-state index contributed by atoms with van der Waals surface area (Å²) in [5, 5.41) is 1.10. The molecule has 0 N–H and O–H groups in total. The summed E-state index contributed by atoms with van der Waals surface area (Å²) in [6.07, 6.45) is 0.137. The zero-order valence-electron chi connectivity index (χ0n) is 15.3. The van der Waals surface area contributed by atoms with Crippen LogP contribution < -0.4 is 5.19 Å². The molecule has 0 aliphatic heterocycles. The van der Waals surface area contributed by atoms with Crippen molar-refractivity contribution < 1.29 is 13.3 Å². The second kappa shape index (κ2) is 8.25.